The summed E-state index contributed by atoms with van der Waals surface area (Å²) in [6.45, 7) is 0.764. The van der Waals surface area contributed by atoms with Crippen LogP contribution < -0.4 is 10.1 Å². The second kappa shape index (κ2) is 11.4. The van der Waals surface area contributed by atoms with Crippen LogP contribution in [-0.2, 0) is 16.6 Å². The lowest BCUT2D eigenvalue weighted by molar-refractivity contribution is -0.153. The number of likely N-dealkylation sites (tertiary alicyclic amines) is 1. The number of benzene rings is 2. The summed E-state index contributed by atoms with van der Waals surface area (Å²) in [5.74, 6) is 1.34. The second-order valence-corrected chi connectivity index (χ2v) is 12.5. The molecule has 7 heteroatoms. The molecule has 1 amide bonds. The number of ether oxygens (including phenoxy) is 1. The summed E-state index contributed by atoms with van der Waals surface area (Å²) in [6, 6.07) is 16.5. The molecule has 0 radical (unpaired) electrons. The molecule has 3 fully saturated rings. The Morgan fingerprint density at radius 3 is 2.58 bits per heavy atom. The van der Waals surface area contributed by atoms with Crippen LogP contribution in [0.3, 0.4) is 0 Å². The van der Waals surface area contributed by atoms with Gasteiger partial charge in [-0.25, -0.2) is 0 Å². The van der Waals surface area contributed by atoms with Crippen molar-refractivity contribution in [3.63, 3.8) is 0 Å². The Bertz CT molecular complexity index is 1180. The third-order valence-corrected chi connectivity index (χ3v) is 10.3. The maximum Gasteiger partial charge on any atom is 0.422 e. The third-order valence-electron chi connectivity index (χ3n) is 10.3. The number of amides is 1. The van der Waals surface area contributed by atoms with Crippen LogP contribution in [0.1, 0.15) is 80.4 Å². The van der Waals surface area contributed by atoms with E-state index in [1.54, 1.807) is 12.1 Å². The molecule has 4 atom stereocenters. The van der Waals surface area contributed by atoms with Gasteiger partial charge in [-0.2, -0.15) is 13.2 Å². The second-order valence-electron chi connectivity index (χ2n) is 12.5. The molecule has 1 spiro atoms. The molecule has 2 aromatic rings. The van der Waals surface area contributed by atoms with Gasteiger partial charge in [0.1, 0.15) is 5.75 Å². The number of carbonyl (C=O) groups is 1. The van der Waals surface area contributed by atoms with Crippen LogP contribution in [-0.4, -0.2) is 49.3 Å². The molecular weight excluding hydrogens is 513 g/mol. The molecule has 2 heterocycles. The molecule has 40 heavy (non-hydrogen) atoms. The van der Waals surface area contributed by atoms with Crippen molar-refractivity contribution in [1.82, 2.24) is 10.2 Å². The van der Waals surface area contributed by atoms with Crippen LogP contribution in [0.4, 0.5) is 13.2 Å². The summed E-state index contributed by atoms with van der Waals surface area (Å²) in [7, 11) is 0. The summed E-state index contributed by atoms with van der Waals surface area (Å²) < 4.78 is 44.2. The first-order chi connectivity index (χ1) is 19.4. The zero-order chi connectivity index (χ0) is 27.7. The van der Waals surface area contributed by atoms with Gasteiger partial charge in [-0.1, -0.05) is 61.7 Å². The predicted octanol–water partition coefficient (Wildman–Crippen LogP) is 6.78. The molecule has 2 saturated heterocycles. The highest BCUT2D eigenvalue weighted by Gasteiger charge is 2.53. The highest BCUT2D eigenvalue weighted by atomic mass is 19.4. The summed E-state index contributed by atoms with van der Waals surface area (Å²) in [5, 5.41) is 3.53. The smallest absolute Gasteiger partial charge is 0.422 e. The molecule has 4 nitrogen and oxygen atoms in total. The lowest BCUT2D eigenvalue weighted by Crippen LogP contribution is -2.55. The maximum absolute atomic E-state index is 14.6. The van der Waals surface area contributed by atoms with E-state index in [9.17, 15) is 18.0 Å². The Morgan fingerprint density at radius 1 is 1.00 bits per heavy atom. The Morgan fingerprint density at radius 2 is 1.80 bits per heavy atom. The van der Waals surface area contributed by atoms with Gasteiger partial charge in [0, 0.05) is 31.1 Å². The van der Waals surface area contributed by atoms with E-state index < -0.39 is 18.2 Å². The van der Waals surface area contributed by atoms with Gasteiger partial charge < -0.3 is 15.0 Å². The fourth-order valence-corrected chi connectivity index (χ4v) is 8.39. The Balaban J connectivity index is 1.29. The first-order valence-electron chi connectivity index (χ1n) is 15.2. The van der Waals surface area contributed by atoms with Crippen molar-refractivity contribution in [3.05, 3.63) is 65.2 Å². The number of halogens is 3. The SMILES string of the molecule is O=C([C@@H]1CNC[C@]12CCCc1c(OCC(F)(F)F)cccc12)N1CC[C@@H](c2ccccc2)C[C@H]1C1CCCCC1. The molecule has 2 aliphatic heterocycles. The van der Waals surface area contributed by atoms with Crippen molar-refractivity contribution in [2.24, 2.45) is 11.8 Å². The minimum atomic E-state index is -4.39. The number of piperidine rings is 1. The molecule has 0 unspecified atom stereocenters. The monoisotopic (exact) mass is 554 g/mol. The zero-order valence-corrected chi connectivity index (χ0v) is 23.2. The number of rotatable bonds is 5. The van der Waals surface area contributed by atoms with Crippen molar-refractivity contribution < 1.29 is 22.7 Å². The van der Waals surface area contributed by atoms with Gasteiger partial charge in [0.05, 0.1) is 5.92 Å². The van der Waals surface area contributed by atoms with Gasteiger partial charge in [-0.15, -0.1) is 0 Å². The van der Waals surface area contributed by atoms with E-state index in [2.05, 4.69) is 40.5 Å². The Labute approximate surface area is 235 Å². The number of nitrogens with zero attached hydrogens (tertiary/aromatic N) is 1. The number of alkyl halides is 3. The average molecular weight is 555 g/mol. The highest BCUT2D eigenvalue weighted by molar-refractivity contribution is 5.82. The molecule has 2 aromatic carbocycles. The van der Waals surface area contributed by atoms with Crippen LogP contribution in [0.15, 0.2) is 48.5 Å². The zero-order valence-electron chi connectivity index (χ0n) is 23.2. The van der Waals surface area contributed by atoms with E-state index in [0.717, 1.165) is 43.4 Å². The first-order valence-corrected chi connectivity index (χ1v) is 15.2. The van der Waals surface area contributed by atoms with Crippen LogP contribution in [0.2, 0.25) is 0 Å². The number of nitrogens with one attached hydrogen (secondary N) is 1. The molecule has 0 bridgehead atoms. The number of carbonyl (C=O) groups excluding carboxylic acids is 1. The van der Waals surface area contributed by atoms with Crippen molar-refractivity contribution in [2.45, 2.75) is 87.8 Å². The molecule has 0 aromatic heterocycles. The summed E-state index contributed by atoms with van der Waals surface area (Å²) in [4.78, 5) is 16.9. The summed E-state index contributed by atoms with van der Waals surface area (Å²) in [6.07, 6.45) is 6.11. The van der Waals surface area contributed by atoms with E-state index in [1.165, 1.54) is 37.7 Å². The lowest BCUT2D eigenvalue weighted by Gasteiger charge is -2.48. The molecule has 4 aliphatic rings. The third kappa shape index (κ3) is 5.38. The van der Waals surface area contributed by atoms with E-state index in [1.807, 2.05) is 6.07 Å². The van der Waals surface area contributed by atoms with E-state index >= 15 is 0 Å². The van der Waals surface area contributed by atoms with Gasteiger partial charge in [0.2, 0.25) is 5.91 Å². The minimum Gasteiger partial charge on any atom is -0.484 e. The van der Waals surface area contributed by atoms with E-state index in [0.29, 0.717) is 37.1 Å². The van der Waals surface area contributed by atoms with E-state index in [-0.39, 0.29) is 17.9 Å². The van der Waals surface area contributed by atoms with Crippen molar-refractivity contribution in [1.29, 1.82) is 0 Å². The Hall–Kier alpha value is -2.54. The number of fused-ring (bicyclic) bond motifs is 2. The standard InChI is InChI=1S/C33H41F3N2O2/c34-33(35,36)22-40-30-15-7-14-27-26(30)13-8-17-32(27)21-37-20-28(32)31(39)38-18-16-25(23-9-3-1-4-10-23)19-29(38)24-11-5-2-6-12-24/h1,3-4,7,9-10,14-15,24-25,28-29,37H,2,5-6,8,11-13,16-22H2/t25-,28+,29+,32+/m1/s1. The van der Waals surface area contributed by atoms with Crippen LogP contribution in [0.5, 0.6) is 5.75 Å². The van der Waals surface area contributed by atoms with Crippen molar-refractivity contribution in [3.8, 4) is 5.75 Å². The molecule has 1 saturated carbocycles. The average Bonchev–Trinajstić information content (AvgIpc) is 3.40. The van der Waals surface area contributed by atoms with Crippen LogP contribution >= 0.6 is 0 Å². The van der Waals surface area contributed by atoms with Gasteiger partial charge in [-0.3, -0.25) is 4.79 Å². The van der Waals surface area contributed by atoms with Gasteiger partial charge in [0.25, 0.3) is 0 Å². The number of hydrogen-bond donors (Lipinski definition) is 1. The fourth-order valence-electron chi connectivity index (χ4n) is 8.39. The summed E-state index contributed by atoms with van der Waals surface area (Å²) >= 11 is 0. The van der Waals surface area contributed by atoms with Crippen LogP contribution in [0.25, 0.3) is 0 Å². The lowest BCUT2D eigenvalue weighted by atomic mass is 9.63. The molecule has 216 valence electrons. The largest absolute Gasteiger partial charge is 0.484 e. The fraction of sp³-hybridized carbons (Fsp3) is 0.606. The quantitative estimate of drug-likeness (QED) is 0.443. The van der Waals surface area contributed by atoms with Crippen molar-refractivity contribution in [2.75, 3.05) is 26.2 Å². The molecule has 6 rings (SSSR count). The van der Waals surface area contributed by atoms with Crippen LogP contribution in [0, 0.1) is 11.8 Å². The van der Waals surface area contributed by atoms with Gasteiger partial charge >= 0.3 is 6.18 Å². The topological polar surface area (TPSA) is 41.6 Å². The highest BCUT2D eigenvalue weighted by Crippen LogP contribution is 2.49. The van der Waals surface area contributed by atoms with Gasteiger partial charge in [0.15, 0.2) is 6.61 Å². The molecular formula is C33H41F3N2O2. The molecule has 1 N–H and O–H groups in total. The van der Waals surface area contributed by atoms with E-state index in [4.69, 9.17) is 4.74 Å². The Kier molecular flexibility index (Phi) is 7.86. The maximum atomic E-state index is 14.6. The normalized spacial score (nSPS) is 29.4. The molecule has 2 aliphatic carbocycles. The van der Waals surface area contributed by atoms with Crippen molar-refractivity contribution >= 4 is 5.91 Å². The first kappa shape index (κ1) is 27.6. The van der Waals surface area contributed by atoms with Gasteiger partial charge in [-0.05, 0) is 79.5 Å². The number of hydrogen-bond acceptors (Lipinski definition) is 3. The summed E-state index contributed by atoms with van der Waals surface area (Å²) in [5.41, 5.74) is 2.83. The predicted molar refractivity (Wildman–Crippen MR) is 149 cm³/mol. The minimum absolute atomic E-state index is 0.219.